The molecule has 2 fully saturated rings. The molecule has 2 heterocycles. The van der Waals surface area contributed by atoms with E-state index in [9.17, 15) is 5.11 Å². The summed E-state index contributed by atoms with van der Waals surface area (Å²) in [5.74, 6) is 0.179. The van der Waals surface area contributed by atoms with Crippen molar-refractivity contribution in [3.05, 3.63) is 0 Å². The molecule has 0 amide bonds. The number of likely N-dealkylation sites (N-methyl/N-ethyl adjacent to an activating group) is 1. The molecule has 0 saturated carbocycles. The van der Waals surface area contributed by atoms with Crippen LogP contribution in [0.4, 0.5) is 0 Å². The van der Waals surface area contributed by atoms with Crippen LogP contribution >= 0.6 is 0 Å². The van der Waals surface area contributed by atoms with E-state index in [0.717, 1.165) is 26.2 Å². The van der Waals surface area contributed by atoms with Crippen LogP contribution in [0.1, 0.15) is 41.0 Å². The minimum Gasteiger partial charge on any atom is -0.390 e. The van der Waals surface area contributed by atoms with Crippen molar-refractivity contribution in [1.82, 2.24) is 9.80 Å². The predicted molar refractivity (Wildman–Crippen MR) is 81.9 cm³/mol. The largest absolute Gasteiger partial charge is 0.390 e. The van der Waals surface area contributed by atoms with Gasteiger partial charge in [0.25, 0.3) is 0 Å². The minimum atomic E-state index is -0.440. The Morgan fingerprint density at radius 2 is 1.80 bits per heavy atom. The lowest BCUT2D eigenvalue weighted by atomic mass is 9.84. The normalized spacial score (nSPS) is 38.2. The molecule has 4 heteroatoms. The second-order valence-corrected chi connectivity index (χ2v) is 7.66. The molecule has 0 aliphatic carbocycles. The maximum atomic E-state index is 10.6. The fraction of sp³-hybridized carbons (Fsp3) is 1.00. The summed E-state index contributed by atoms with van der Waals surface area (Å²) in [6, 6.07) is 0.638. The second-order valence-electron chi connectivity index (χ2n) is 7.66. The van der Waals surface area contributed by atoms with Crippen molar-refractivity contribution in [2.24, 2.45) is 5.92 Å². The Balaban J connectivity index is 2.02. The van der Waals surface area contributed by atoms with Crippen LogP contribution < -0.4 is 0 Å². The molecule has 0 aromatic carbocycles. The second kappa shape index (κ2) is 5.56. The van der Waals surface area contributed by atoms with Crippen LogP contribution in [0.2, 0.25) is 0 Å². The topological polar surface area (TPSA) is 35.9 Å². The van der Waals surface area contributed by atoms with E-state index in [1.807, 2.05) is 13.8 Å². The molecular formula is C16H32N2O2. The fourth-order valence-corrected chi connectivity index (χ4v) is 3.89. The van der Waals surface area contributed by atoms with Gasteiger partial charge in [0.1, 0.15) is 0 Å². The Morgan fingerprint density at radius 3 is 2.30 bits per heavy atom. The number of rotatable bonds is 3. The zero-order valence-corrected chi connectivity index (χ0v) is 14.0. The molecule has 3 unspecified atom stereocenters. The van der Waals surface area contributed by atoms with Crippen molar-refractivity contribution in [1.29, 1.82) is 0 Å². The molecular weight excluding hydrogens is 252 g/mol. The van der Waals surface area contributed by atoms with Crippen molar-refractivity contribution in [2.45, 2.75) is 64.4 Å². The molecule has 1 N–H and O–H groups in total. The highest BCUT2D eigenvalue weighted by Crippen LogP contribution is 2.42. The molecule has 2 rings (SSSR count). The summed E-state index contributed by atoms with van der Waals surface area (Å²) < 4.78 is 6.09. The Morgan fingerprint density at radius 1 is 1.15 bits per heavy atom. The number of piperazine rings is 1. The minimum absolute atomic E-state index is 0.179. The van der Waals surface area contributed by atoms with Gasteiger partial charge >= 0.3 is 0 Å². The molecule has 2 aliphatic heterocycles. The summed E-state index contributed by atoms with van der Waals surface area (Å²) in [6.45, 7) is 14.7. The van der Waals surface area contributed by atoms with Crippen molar-refractivity contribution >= 4 is 0 Å². The maximum absolute atomic E-state index is 10.6. The lowest BCUT2D eigenvalue weighted by molar-refractivity contribution is -0.0916. The van der Waals surface area contributed by atoms with E-state index in [2.05, 4.69) is 37.6 Å². The number of ether oxygens (including phenoxy) is 1. The van der Waals surface area contributed by atoms with Crippen LogP contribution in [0.25, 0.3) is 0 Å². The highest BCUT2D eigenvalue weighted by Gasteiger charge is 2.53. The Kier molecular flexibility index (Phi) is 4.51. The Labute approximate surface area is 124 Å². The van der Waals surface area contributed by atoms with E-state index in [0.29, 0.717) is 6.04 Å². The van der Waals surface area contributed by atoms with Gasteiger partial charge in [0.05, 0.1) is 17.3 Å². The van der Waals surface area contributed by atoms with Crippen molar-refractivity contribution in [2.75, 3.05) is 33.2 Å². The molecule has 2 saturated heterocycles. The summed E-state index contributed by atoms with van der Waals surface area (Å²) in [6.07, 6.45) is 0.795. The van der Waals surface area contributed by atoms with Gasteiger partial charge in [-0.2, -0.15) is 0 Å². The molecule has 2 aliphatic rings. The first-order chi connectivity index (χ1) is 9.17. The number of aliphatic hydroxyl groups excluding tert-OH is 1. The molecule has 3 atom stereocenters. The van der Waals surface area contributed by atoms with Crippen LogP contribution in [-0.2, 0) is 4.74 Å². The maximum Gasteiger partial charge on any atom is 0.0896 e. The number of hydrogen-bond donors (Lipinski definition) is 1. The van der Waals surface area contributed by atoms with Gasteiger partial charge in [0.15, 0.2) is 0 Å². The van der Waals surface area contributed by atoms with E-state index in [1.165, 1.54) is 6.42 Å². The lowest BCUT2D eigenvalue weighted by Crippen LogP contribution is -2.54. The summed E-state index contributed by atoms with van der Waals surface area (Å²) in [7, 11) is 2.21. The third-order valence-corrected chi connectivity index (χ3v) is 5.30. The van der Waals surface area contributed by atoms with Gasteiger partial charge in [-0.3, -0.25) is 0 Å². The van der Waals surface area contributed by atoms with Crippen LogP contribution in [0.15, 0.2) is 0 Å². The Hall–Kier alpha value is -0.160. The third kappa shape index (κ3) is 3.03. The molecule has 118 valence electrons. The summed E-state index contributed by atoms with van der Waals surface area (Å²) in [5, 5.41) is 10.6. The standard InChI is InChI=1S/C16H32N2O2/c1-7-12-10-18(9-8-17(12)6)11-13-14(19)16(4,5)20-15(13,2)3/h12-14,19H,7-11H2,1-6H3. The van der Waals surface area contributed by atoms with Crippen molar-refractivity contribution in [3.8, 4) is 0 Å². The average molecular weight is 284 g/mol. The highest BCUT2D eigenvalue weighted by molar-refractivity contribution is 5.02. The third-order valence-electron chi connectivity index (χ3n) is 5.30. The summed E-state index contributed by atoms with van der Waals surface area (Å²) >= 11 is 0. The molecule has 4 nitrogen and oxygen atoms in total. The van der Waals surface area contributed by atoms with E-state index >= 15 is 0 Å². The van der Waals surface area contributed by atoms with Gasteiger partial charge in [-0.15, -0.1) is 0 Å². The zero-order chi connectivity index (χ0) is 15.1. The molecule has 0 spiro atoms. The predicted octanol–water partition coefficient (Wildman–Crippen LogP) is 1.58. The molecule has 0 aromatic rings. The molecule has 0 radical (unpaired) electrons. The van der Waals surface area contributed by atoms with Gasteiger partial charge in [0, 0.05) is 38.1 Å². The number of nitrogens with zero attached hydrogens (tertiary/aromatic N) is 2. The van der Waals surface area contributed by atoms with Crippen molar-refractivity contribution in [3.63, 3.8) is 0 Å². The van der Waals surface area contributed by atoms with E-state index < -0.39 is 11.7 Å². The summed E-state index contributed by atoms with van der Waals surface area (Å²) in [5.41, 5.74) is -0.696. The van der Waals surface area contributed by atoms with Crippen LogP contribution in [0.3, 0.4) is 0 Å². The fourth-order valence-electron chi connectivity index (χ4n) is 3.89. The van der Waals surface area contributed by atoms with E-state index in [1.54, 1.807) is 0 Å². The van der Waals surface area contributed by atoms with Crippen molar-refractivity contribution < 1.29 is 9.84 Å². The molecule has 20 heavy (non-hydrogen) atoms. The average Bonchev–Trinajstić information content (AvgIpc) is 2.49. The van der Waals surface area contributed by atoms with Gasteiger partial charge in [-0.25, -0.2) is 0 Å². The number of aliphatic hydroxyl groups is 1. The lowest BCUT2D eigenvalue weighted by Gasteiger charge is -2.41. The molecule has 0 aromatic heterocycles. The monoisotopic (exact) mass is 284 g/mol. The van der Waals surface area contributed by atoms with Gasteiger partial charge < -0.3 is 19.6 Å². The van der Waals surface area contributed by atoms with E-state index in [-0.39, 0.29) is 11.5 Å². The highest BCUT2D eigenvalue weighted by atomic mass is 16.5. The number of hydrogen-bond acceptors (Lipinski definition) is 4. The van der Waals surface area contributed by atoms with Crippen LogP contribution in [0.5, 0.6) is 0 Å². The van der Waals surface area contributed by atoms with Gasteiger partial charge in [-0.1, -0.05) is 6.92 Å². The first-order valence-electron chi connectivity index (χ1n) is 7.98. The summed E-state index contributed by atoms with van der Waals surface area (Å²) in [4.78, 5) is 4.96. The first-order valence-corrected chi connectivity index (χ1v) is 7.98. The molecule has 0 bridgehead atoms. The Bertz CT molecular complexity index is 343. The van der Waals surface area contributed by atoms with Crippen LogP contribution in [-0.4, -0.2) is 71.5 Å². The van der Waals surface area contributed by atoms with Gasteiger partial charge in [0.2, 0.25) is 0 Å². The van der Waals surface area contributed by atoms with Crippen LogP contribution in [0, 0.1) is 5.92 Å². The van der Waals surface area contributed by atoms with Gasteiger partial charge in [-0.05, 0) is 41.2 Å². The van der Waals surface area contributed by atoms with E-state index in [4.69, 9.17) is 4.74 Å². The first kappa shape index (κ1) is 16.2. The zero-order valence-electron chi connectivity index (χ0n) is 14.0. The quantitative estimate of drug-likeness (QED) is 0.853. The smallest absolute Gasteiger partial charge is 0.0896 e. The SMILES string of the molecule is CCC1CN(CC2C(O)C(C)(C)OC2(C)C)CCN1C.